The fraction of sp³-hybridized carbons (Fsp3) is 0. The van der Waals surface area contributed by atoms with Crippen molar-refractivity contribution in [3.05, 3.63) is 59.2 Å². The molecule has 19 heavy (non-hydrogen) atoms. The zero-order chi connectivity index (χ0) is 13.1. The number of hydrogen-bond acceptors (Lipinski definition) is 3. The van der Waals surface area contributed by atoms with Gasteiger partial charge in [-0.2, -0.15) is 0 Å². The molecule has 0 saturated heterocycles. The third kappa shape index (κ3) is 2.56. The molecule has 0 fully saturated rings. The lowest BCUT2D eigenvalue weighted by Crippen LogP contribution is -2.09. The van der Waals surface area contributed by atoms with Gasteiger partial charge in [-0.25, -0.2) is 4.98 Å². The number of anilines is 1. The van der Waals surface area contributed by atoms with Crippen LogP contribution in [0.5, 0.6) is 0 Å². The number of aromatic nitrogens is 2. The highest BCUT2D eigenvalue weighted by atomic mass is 32.1. The van der Waals surface area contributed by atoms with Crippen LogP contribution in [0.3, 0.4) is 0 Å². The Balaban J connectivity index is 1.75. The minimum Gasteiger partial charge on any atom is -0.345 e. The number of carbonyl (C=O) groups is 1. The van der Waals surface area contributed by atoms with Crippen molar-refractivity contribution in [2.24, 2.45) is 0 Å². The van der Waals surface area contributed by atoms with Gasteiger partial charge in [0.1, 0.15) is 0 Å². The molecule has 0 radical (unpaired) electrons. The standard InChI is InChI=1S/C14H11N3OS/c18-14(13-2-1-7-19-13)17-11-5-3-10(4-6-11)12-8-15-9-16-12/h1-9H,(H,15,16)(H,17,18). The number of carbonyl (C=O) groups excluding carboxylic acids is 1. The maximum atomic E-state index is 11.9. The molecule has 3 aromatic rings. The Bertz CT molecular complexity index is 657. The van der Waals surface area contributed by atoms with E-state index in [2.05, 4.69) is 15.3 Å². The van der Waals surface area contributed by atoms with Crippen LogP contribution in [0.1, 0.15) is 9.67 Å². The molecule has 2 N–H and O–H groups in total. The second-order valence-electron chi connectivity index (χ2n) is 3.97. The summed E-state index contributed by atoms with van der Waals surface area (Å²) in [6.45, 7) is 0. The summed E-state index contributed by atoms with van der Waals surface area (Å²) in [5, 5.41) is 4.75. The Kier molecular flexibility index (Phi) is 3.12. The highest BCUT2D eigenvalue weighted by Gasteiger charge is 2.06. The number of amides is 1. The summed E-state index contributed by atoms with van der Waals surface area (Å²) >= 11 is 1.43. The average molecular weight is 269 g/mol. The Hall–Kier alpha value is -2.40. The van der Waals surface area contributed by atoms with Gasteiger partial charge in [-0.3, -0.25) is 4.79 Å². The lowest BCUT2D eigenvalue weighted by molar-refractivity contribution is 0.103. The molecule has 0 spiro atoms. The van der Waals surface area contributed by atoms with E-state index in [0.29, 0.717) is 4.88 Å². The van der Waals surface area contributed by atoms with Crippen LogP contribution in [0.4, 0.5) is 5.69 Å². The normalized spacial score (nSPS) is 10.3. The number of nitrogens with zero attached hydrogens (tertiary/aromatic N) is 1. The first kappa shape index (κ1) is 11.7. The van der Waals surface area contributed by atoms with Crippen LogP contribution in [0.15, 0.2) is 54.3 Å². The van der Waals surface area contributed by atoms with E-state index < -0.39 is 0 Å². The molecule has 3 rings (SSSR count). The minimum atomic E-state index is -0.0794. The number of benzene rings is 1. The van der Waals surface area contributed by atoms with E-state index in [4.69, 9.17) is 0 Å². The highest BCUT2D eigenvalue weighted by molar-refractivity contribution is 7.12. The molecule has 1 aromatic carbocycles. The second kappa shape index (κ2) is 5.07. The van der Waals surface area contributed by atoms with Crippen molar-refractivity contribution >= 4 is 22.9 Å². The fourth-order valence-corrected chi connectivity index (χ4v) is 2.37. The van der Waals surface area contributed by atoms with Crippen LogP contribution in [-0.4, -0.2) is 15.9 Å². The van der Waals surface area contributed by atoms with Gasteiger partial charge in [0.05, 0.1) is 23.1 Å². The van der Waals surface area contributed by atoms with Gasteiger partial charge >= 0.3 is 0 Å². The van der Waals surface area contributed by atoms with Crippen molar-refractivity contribution in [2.45, 2.75) is 0 Å². The van der Waals surface area contributed by atoms with Gasteiger partial charge in [0.25, 0.3) is 5.91 Å². The molecule has 0 bridgehead atoms. The molecule has 2 heterocycles. The molecule has 0 unspecified atom stereocenters. The summed E-state index contributed by atoms with van der Waals surface area (Å²) in [5.41, 5.74) is 2.77. The van der Waals surface area contributed by atoms with E-state index in [1.165, 1.54) is 11.3 Å². The van der Waals surface area contributed by atoms with Crippen LogP contribution in [0.2, 0.25) is 0 Å². The van der Waals surface area contributed by atoms with Gasteiger partial charge in [-0.05, 0) is 29.1 Å². The van der Waals surface area contributed by atoms with Gasteiger partial charge in [-0.1, -0.05) is 18.2 Å². The monoisotopic (exact) mass is 269 g/mol. The number of nitrogens with one attached hydrogen (secondary N) is 2. The van der Waals surface area contributed by atoms with E-state index in [1.807, 2.05) is 35.7 Å². The largest absolute Gasteiger partial charge is 0.345 e. The van der Waals surface area contributed by atoms with Gasteiger partial charge in [-0.15, -0.1) is 11.3 Å². The average Bonchev–Trinajstić information content (AvgIpc) is 3.13. The Morgan fingerprint density at radius 3 is 2.68 bits per heavy atom. The number of rotatable bonds is 3. The molecule has 0 aliphatic heterocycles. The topological polar surface area (TPSA) is 57.8 Å². The number of aromatic amines is 1. The van der Waals surface area contributed by atoms with E-state index in [1.54, 1.807) is 18.6 Å². The summed E-state index contributed by atoms with van der Waals surface area (Å²) in [6, 6.07) is 11.3. The first-order valence-electron chi connectivity index (χ1n) is 5.76. The summed E-state index contributed by atoms with van der Waals surface area (Å²) < 4.78 is 0. The zero-order valence-electron chi connectivity index (χ0n) is 9.96. The number of hydrogen-bond donors (Lipinski definition) is 2. The Labute approximate surface area is 114 Å². The molecule has 94 valence electrons. The zero-order valence-corrected chi connectivity index (χ0v) is 10.8. The molecular weight excluding hydrogens is 258 g/mol. The summed E-state index contributed by atoms with van der Waals surface area (Å²) in [5.74, 6) is -0.0794. The molecule has 0 atom stereocenters. The number of thiophene rings is 1. The Morgan fingerprint density at radius 2 is 2.05 bits per heavy atom. The molecule has 0 aliphatic rings. The van der Waals surface area contributed by atoms with Gasteiger partial charge in [0, 0.05) is 5.69 Å². The van der Waals surface area contributed by atoms with Crippen molar-refractivity contribution in [1.82, 2.24) is 9.97 Å². The Morgan fingerprint density at radius 1 is 1.21 bits per heavy atom. The van der Waals surface area contributed by atoms with E-state index in [-0.39, 0.29) is 5.91 Å². The van der Waals surface area contributed by atoms with E-state index in [0.717, 1.165) is 16.9 Å². The molecule has 2 aromatic heterocycles. The number of imidazole rings is 1. The van der Waals surface area contributed by atoms with Crippen LogP contribution < -0.4 is 5.32 Å². The molecule has 1 amide bonds. The van der Waals surface area contributed by atoms with E-state index >= 15 is 0 Å². The smallest absolute Gasteiger partial charge is 0.265 e. The van der Waals surface area contributed by atoms with Crippen LogP contribution in [0.25, 0.3) is 11.3 Å². The molecule has 0 aliphatic carbocycles. The van der Waals surface area contributed by atoms with Gasteiger partial charge < -0.3 is 10.3 Å². The second-order valence-corrected chi connectivity index (χ2v) is 4.92. The highest BCUT2D eigenvalue weighted by Crippen LogP contribution is 2.19. The fourth-order valence-electron chi connectivity index (χ4n) is 1.75. The van der Waals surface area contributed by atoms with Gasteiger partial charge in [0.15, 0.2) is 0 Å². The number of H-pyrrole nitrogens is 1. The molecule has 5 heteroatoms. The quantitative estimate of drug-likeness (QED) is 0.765. The van der Waals surface area contributed by atoms with Crippen LogP contribution in [0, 0.1) is 0 Å². The lowest BCUT2D eigenvalue weighted by atomic mass is 10.1. The van der Waals surface area contributed by atoms with Crippen molar-refractivity contribution in [1.29, 1.82) is 0 Å². The molecule has 4 nitrogen and oxygen atoms in total. The van der Waals surface area contributed by atoms with E-state index in [9.17, 15) is 4.79 Å². The van der Waals surface area contributed by atoms with Crippen molar-refractivity contribution in [3.8, 4) is 11.3 Å². The molecular formula is C14H11N3OS. The first-order chi connectivity index (χ1) is 9.33. The third-order valence-electron chi connectivity index (χ3n) is 2.70. The van der Waals surface area contributed by atoms with Crippen molar-refractivity contribution < 1.29 is 4.79 Å². The van der Waals surface area contributed by atoms with Crippen LogP contribution in [-0.2, 0) is 0 Å². The predicted octanol–water partition coefficient (Wildman–Crippen LogP) is 3.39. The minimum absolute atomic E-state index is 0.0794. The van der Waals surface area contributed by atoms with Crippen molar-refractivity contribution in [2.75, 3.05) is 5.32 Å². The molecule has 0 saturated carbocycles. The summed E-state index contributed by atoms with van der Waals surface area (Å²) in [4.78, 5) is 19.6. The SMILES string of the molecule is O=C(Nc1ccc(-c2cnc[nH]2)cc1)c1cccs1. The lowest BCUT2D eigenvalue weighted by Gasteiger charge is -2.04. The van der Waals surface area contributed by atoms with Crippen LogP contribution >= 0.6 is 11.3 Å². The van der Waals surface area contributed by atoms with Crippen molar-refractivity contribution in [3.63, 3.8) is 0 Å². The summed E-state index contributed by atoms with van der Waals surface area (Å²) in [6.07, 6.45) is 3.40. The maximum absolute atomic E-state index is 11.9. The van der Waals surface area contributed by atoms with Gasteiger partial charge in [0.2, 0.25) is 0 Å². The summed E-state index contributed by atoms with van der Waals surface area (Å²) in [7, 11) is 0. The third-order valence-corrected chi connectivity index (χ3v) is 3.57. The maximum Gasteiger partial charge on any atom is 0.265 e. The predicted molar refractivity (Wildman–Crippen MR) is 76.3 cm³/mol. The first-order valence-corrected chi connectivity index (χ1v) is 6.64.